The number of hydrogen-bond donors (Lipinski definition) is 0. The Labute approximate surface area is 145 Å². The third-order valence-electron chi connectivity index (χ3n) is 5.57. The van der Waals surface area contributed by atoms with Gasteiger partial charge in [-0.05, 0) is 38.8 Å². The lowest BCUT2D eigenvalue weighted by atomic mass is 10.1. The van der Waals surface area contributed by atoms with Crippen LogP contribution in [0.5, 0.6) is 0 Å². The van der Waals surface area contributed by atoms with Gasteiger partial charge in [-0.25, -0.2) is 0 Å². The Morgan fingerprint density at radius 2 is 1.88 bits per heavy atom. The van der Waals surface area contributed by atoms with E-state index in [-0.39, 0.29) is 0 Å². The Balaban J connectivity index is 1.43. The predicted molar refractivity (Wildman–Crippen MR) is 98.4 cm³/mol. The summed E-state index contributed by atoms with van der Waals surface area (Å²) >= 11 is 0. The molecule has 4 heteroatoms. The number of aryl methyl sites for hydroxylation is 2. The smallest absolute Gasteiger partial charge is 0.0537 e. The maximum atomic E-state index is 4.52. The fourth-order valence-corrected chi connectivity index (χ4v) is 3.94. The van der Waals surface area contributed by atoms with Gasteiger partial charge in [0, 0.05) is 62.1 Å². The molecule has 1 aliphatic carbocycles. The first-order chi connectivity index (χ1) is 11.6. The highest BCUT2D eigenvalue weighted by atomic mass is 15.3. The van der Waals surface area contributed by atoms with Crippen LogP contribution in [0.25, 0.3) is 0 Å². The van der Waals surface area contributed by atoms with E-state index < -0.39 is 0 Å². The van der Waals surface area contributed by atoms with Crippen molar-refractivity contribution < 1.29 is 0 Å². The maximum absolute atomic E-state index is 4.52. The molecular weight excluding hydrogens is 296 g/mol. The number of anilines is 1. The Kier molecular flexibility index (Phi) is 4.09. The van der Waals surface area contributed by atoms with Crippen molar-refractivity contribution in [1.82, 2.24) is 14.7 Å². The molecule has 2 aromatic rings. The van der Waals surface area contributed by atoms with Crippen molar-refractivity contribution >= 4 is 5.69 Å². The van der Waals surface area contributed by atoms with Crippen LogP contribution in [-0.2, 0) is 13.6 Å². The molecule has 0 bridgehead atoms. The van der Waals surface area contributed by atoms with E-state index in [9.17, 15) is 0 Å². The van der Waals surface area contributed by atoms with E-state index in [1.807, 2.05) is 0 Å². The average Bonchev–Trinajstić information content (AvgIpc) is 3.34. The summed E-state index contributed by atoms with van der Waals surface area (Å²) in [5.41, 5.74) is 5.60. The normalized spacial score (nSPS) is 22.1. The van der Waals surface area contributed by atoms with Gasteiger partial charge in [0.25, 0.3) is 0 Å². The zero-order chi connectivity index (χ0) is 16.7. The molecule has 1 saturated heterocycles. The third kappa shape index (κ3) is 3.07. The zero-order valence-electron chi connectivity index (χ0n) is 15.1. The van der Waals surface area contributed by atoms with Gasteiger partial charge in [-0.3, -0.25) is 9.58 Å². The van der Waals surface area contributed by atoms with Gasteiger partial charge in [-0.15, -0.1) is 0 Å². The van der Waals surface area contributed by atoms with Gasteiger partial charge in [0.15, 0.2) is 0 Å². The quantitative estimate of drug-likeness (QED) is 0.862. The molecule has 1 aromatic carbocycles. The summed E-state index contributed by atoms with van der Waals surface area (Å²) in [7, 11) is 2.09. The monoisotopic (exact) mass is 324 g/mol. The molecule has 0 N–H and O–H groups in total. The lowest BCUT2D eigenvalue weighted by Gasteiger charge is -2.41. The Morgan fingerprint density at radius 1 is 1.12 bits per heavy atom. The molecule has 0 amide bonds. The molecule has 4 rings (SSSR count). The van der Waals surface area contributed by atoms with Gasteiger partial charge < -0.3 is 4.90 Å². The molecule has 1 unspecified atom stereocenters. The molecule has 1 aliphatic heterocycles. The minimum atomic E-state index is 0.562. The van der Waals surface area contributed by atoms with Crippen molar-refractivity contribution in [2.75, 3.05) is 24.5 Å². The standard InChI is InChI=1S/C20H28N4/c1-15-4-8-19(9-5-15)24-11-10-23(16(2)13-24)14-18-12-21-22(3)20(18)17-6-7-17/h4-5,8-9,12,16-17H,6-7,10-11,13-14H2,1-3H3. The van der Waals surface area contributed by atoms with Crippen LogP contribution in [0.15, 0.2) is 30.5 Å². The largest absolute Gasteiger partial charge is 0.369 e. The molecule has 2 aliphatic rings. The van der Waals surface area contributed by atoms with Gasteiger partial charge in [0.1, 0.15) is 0 Å². The molecule has 0 radical (unpaired) electrons. The predicted octanol–water partition coefficient (Wildman–Crippen LogP) is 3.32. The van der Waals surface area contributed by atoms with Crippen LogP contribution in [0.1, 0.15) is 42.5 Å². The minimum absolute atomic E-state index is 0.562. The fraction of sp³-hybridized carbons (Fsp3) is 0.550. The van der Waals surface area contributed by atoms with Crippen molar-refractivity contribution in [3.63, 3.8) is 0 Å². The van der Waals surface area contributed by atoms with Crippen molar-refractivity contribution in [1.29, 1.82) is 0 Å². The second-order valence-electron chi connectivity index (χ2n) is 7.55. The number of rotatable bonds is 4. The van der Waals surface area contributed by atoms with Crippen LogP contribution >= 0.6 is 0 Å². The van der Waals surface area contributed by atoms with Crippen molar-refractivity contribution in [3.05, 3.63) is 47.3 Å². The SMILES string of the molecule is Cc1ccc(N2CCN(Cc3cnn(C)c3C3CC3)C(C)C2)cc1. The molecule has 128 valence electrons. The van der Waals surface area contributed by atoms with E-state index in [0.29, 0.717) is 6.04 Å². The lowest BCUT2D eigenvalue weighted by Crippen LogP contribution is -2.51. The van der Waals surface area contributed by atoms with Gasteiger partial charge in [0.2, 0.25) is 0 Å². The highest BCUT2D eigenvalue weighted by molar-refractivity contribution is 5.48. The zero-order valence-corrected chi connectivity index (χ0v) is 15.1. The highest BCUT2D eigenvalue weighted by Gasteiger charge is 2.31. The molecule has 1 aromatic heterocycles. The van der Waals surface area contributed by atoms with Gasteiger partial charge in [-0.1, -0.05) is 17.7 Å². The molecule has 24 heavy (non-hydrogen) atoms. The first-order valence-corrected chi connectivity index (χ1v) is 9.18. The molecular formula is C20H28N4. The van der Waals surface area contributed by atoms with Crippen LogP contribution in [0.2, 0.25) is 0 Å². The average molecular weight is 324 g/mol. The molecule has 1 saturated carbocycles. The lowest BCUT2D eigenvalue weighted by molar-refractivity contribution is 0.180. The summed E-state index contributed by atoms with van der Waals surface area (Å²) in [6, 6.07) is 9.49. The molecule has 4 nitrogen and oxygen atoms in total. The number of nitrogens with zero attached hydrogens (tertiary/aromatic N) is 4. The maximum Gasteiger partial charge on any atom is 0.0537 e. The summed E-state index contributed by atoms with van der Waals surface area (Å²) in [6.07, 6.45) is 4.76. The summed E-state index contributed by atoms with van der Waals surface area (Å²) in [5.74, 6) is 0.761. The highest BCUT2D eigenvalue weighted by Crippen LogP contribution is 2.41. The molecule has 1 atom stereocenters. The van der Waals surface area contributed by atoms with Crippen LogP contribution < -0.4 is 4.90 Å². The number of hydrogen-bond acceptors (Lipinski definition) is 3. The van der Waals surface area contributed by atoms with E-state index in [1.54, 1.807) is 0 Å². The fourth-order valence-electron chi connectivity index (χ4n) is 3.94. The second kappa shape index (κ2) is 6.25. The van der Waals surface area contributed by atoms with Gasteiger partial charge in [0.05, 0.1) is 6.20 Å². The van der Waals surface area contributed by atoms with Crippen molar-refractivity contribution in [2.24, 2.45) is 7.05 Å². The number of piperazine rings is 1. The van der Waals surface area contributed by atoms with E-state index in [0.717, 1.165) is 32.1 Å². The van der Waals surface area contributed by atoms with Gasteiger partial charge in [-0.2, -0.15) is 5.10 Å². The first-order valence-electron chi connectivity index (χ1n) is 9.18. The van der Waals surface area contributed by atoms with E-state index in [4.69, 9.17) is 0 Å². The molecule has 0 spiro atoms. The first kappa shape index (κ1) is 15.7. The number of aromatic nitrogens is 2. The van der Waals surface area contributed by atoms with Crippen LogP contribution in [0.3, 0.4) is 0 Å². The Bertz CT molecular complexity index is 699. The van der Waals surface area contributed by atoms with Gasteiger partial charge >= 0.3 is 0 Å². The summed E-state index contributed by atoms with van der Waals surface area (Å²) in [6.45, 7) is 8.87. The molecule has 2 heterocycles. The van der Waals surface area contributed by atoms with Crippen molar-refractivity contribution in [3.8, 4) is 0 Å². The van der Waals surface area contributed by atoms with Crippen LogP contribution in [0, 0.1) is 6.92 Å². The van der Waals surface area contributed by atoms with Crippen LogP contribution in [0.4, 0.5) is 5.69 Å². The minimum Gasteiger partial charge on any atom is -0.369 e. The van der Waals surface area contributed by atoms with Crippen LogP contribution in [-0.4, -0.2) is 40.4 Å². The van der Waals surface area contributed by atoms with E-state index in [2.05, 4.69) is 70.9 Å². The summed E-state index contributed by atoms with van der Waals surface area (Å²) in [4.78, 5) is 5.14. The third-order valence-corrected chi connectivity index (χ3v) is 5.57. The van der Waals surface area contributed by atoms with E-state index >= 15 is 0 Å². The summed E-state index contributed by atoms with van der Waals surface area (Å²) in [5, 5.41) is 4.52. The summed E-state index contributed by atoms with van der Waals surface area (Å²) < 4.78 is 2.10. The van der Waals surface area contributed by atoms with Crippen molar-refractivity contribution in [2.45, 2.75) is 45.2 Å². The van der Waals surface area contributed by atoms with E-state index in [1.165, 1.54) is 35.3 Å². The Morgan fingerprint density at radius 3 is 2.54 bits per heavy atom. The molecule has 2 fully saturated rings. The second-order valence-corrected chi connectivity index (χ2v) is 7.55. The Hall–Kier alpha value is -1.81. The number of benzene rings is 1. The topological polar surface area (TPSA) is 24.3 Å².